The summed E-state index contributed by atoms with van der Waals surface area (Å²) in [6.45, 7) is 2.05. The summed E-state index contributed by atoms with van der Waals surface area (Å²) in [4.78, 5) is 4.49. The Hall–Kier alpha value is -1.48. The molecule has 9 heteroatoms. The Morgan fingerprint density at radius 3 is 2.74 bits per heavy atom. The first-order chi connectivity index (χ1) is 10.4. The Balaban J connectivity index is 0.00000192. The van der Waals surface area contributed by atoms with E-state index in [1.54, 1.807) is 19.1 Å². The van der Waals surface area contributed by atoms with Gasteiger partial charge >= 0.3 is 0 Å². The summed E-state index contributed by atoms with van der Waals surface area (Å²) in [5, 5.41) is 3.94. The lowest BCUT2D eigenvalue weighted by molar-refractivity contribution is 0.229. The van der Waals surface area contributed by atoms with Gasteiger partial charge in [0.2, 0.25) is 10.0 Å². The number of rotatable bonds is 5. The van der Waals surface area contributed by atoms with Crippen LogP contribution in [0.4, 0.5) is 0 Å². The predicted octanol–water partition coefficient (Wildman–Crippen LogP) is 1.79. The molecule has 3 N–H and O–H groups in total. The molecule has 1 fully saturated rings. The molecule has 0 amide bonds. The van der Waals surface area contributed by atoms with E-state index >= 15 is 0 Å². The second-order valence-electron chi connectivity index (χ2n) is 5.46. The number of aromatic nitrogens is 2. The normalized spacial score (nSPS) is 16.4. The molecule has 1 aliphatic carbocycles. The van der Waals surface area contributed by atoms with E-state index < -0.39 is 15.6 Å². The molecule has 0 unspecified atom stereocenters. The smallest absolute Gasteiger partial charge is 0.258 e. The average Bonchev–Trinajstić information content (AvgIpc) is 2.95. The third-order valence-electron chi connectivity index (χ3n) is 3.84. The number of hydrogen-bond acceptors (Lipinski definition) is 6. The third-order valence-corrected chi connectivity index (χ3v) is 5.39. The maximum absolute atomic E-state index is 12.0. The maximum atomic E-state index is 12.0. The fourth-order valence-corrected chi connectivity index (χ4v) is 3.48. The molecule has 0 radical (unpaired) electrons. The van der Waals surface area contributed by atoms with Crippen LogP contribution in [-0.4, -0.2) is 25.1 Å². The van der Waals surface area contributed by atoms with Crippen LogP contribution in [0.25, 0.3) is 11.5 Å². The number of benzene rings is 1. The first kappa shape index (κ1) is 17.9. The van der Waals surface area contributed by atoms with Gasteiger partial charge in [-0.05, 0) is 37.5 Å². The van der Waals surface area contributed by atoms with Crippen molar-refractivity contribution < 1.29 is 12.9 Å². The van der Waals surface area contributed by atoms with Crippen LogP contribution in [0.3, 0.4) is 0 Å². The minimum absolute atomic E-state index is 0. The summed E-state index contributed by atoms with van der Waals surface area (Å²) < 4.78 is 31.8. The van der Waals surface area contributed by atoms with E-state index in [2.05, 4.69) is 14.9 Å². The Morgan fingerprint density at radius 2 is 2.13 bits per heavy atom. The van der Waals surface area contributed by atoms with E-state index in [9.17, 15) is 8.42 Å². The van der Waals surface area contributed by atoms with Crippen molar-refractivity contribution in [1.82, 2.24) is 14.9 Å². The molecular formula is C14H19ClN4O3S. The highest BCUT2D eigenvalue weighted by molar-refractivity contribution is 7.89. The number of hydrogen-bond donors (Lipinski definition) is 2. The summed E-state index contributed by atoms with van der Waals surface area (Å²) in [6, 6.07) is 6.41. The van der Waals surface area contributed by atoms with Crippen LogP contribution >= 0.6 is 12.4 Å². The Labute approximate surface area is 141 Å². The number of nitrogens with zero attached hydrogens (tertiary/aromatic N) is 2. The first-order valence-electron chi connectivity index (χ1n) is 7.18. The molecule has 2 aromatic rings. The molecule has 1 aromatic heterocycles. The molecule has 1 saturated carbocycles. The zero-order chi connectivity index (χ0) is 15.8. The molecule has 126 valence electrons. The molecule has 7 nitrogen and oxygen atoms in total. The summed E-state index contributed by atoms with van der Waals surface area (Å²) in [5.41, 5.74) is 6.21. The Kier molecular flexibility index (Phi) is 5.10. The molecule has 1 heterocycles. The molecule has 0 saturated heterocycles. The van der Waals surface area contributed by atoms with Crippen molar-refractivity contribution in [3.05, 3.63) is 30.1 Å². The second-order valence-corrected chi connectivity index (χ2v) is 7.23. The molecule has 0 atom stereocenters. The second kappa shape index (κ2) is 6.56. The zero-order valence-electron chi connectivity index (χ0n) is 12.7. The van der Waals surface area contributed by atoms with Crippen molar-refractivity contribution in [2.45, 2.75) is 36.6 Å². The van der Waals surface area contributed by atoms with Gasteiger partial charge in [-0.3, -0.25) is 0 Å². The molecule has 3 rings (SSSR count). The number of sulfonamides is 1. The SMILES string of the molecule is CCNS(=O)(=O)c1cccc(-c2nc(C3(N)CCC3)no2)c1.Cl. The quantitative estimate of drug-likeness (QED) is 0.842. The van der Waals surface area contributed by atoms with Crippen LogP contribution in [-0.2, 0) is 15.6 Å². The van der Waals surface area contributed by atoms with E-state index in [4.69, 9.17) is 10.3 Å². The number of halogens is 1. The van der Waals surface area contributed by atoms with E-state index in [0.717, 1.165) is 19.3 Å². The molecular weight excluding hydrogens is 340 g/mol. The third kappa shape index (κ3) is 3.40. The first-order valence-corrected chi connectivity index (χ1v) is 8.66. The number of nitrogens with one attached hydrogen (secondary N) is 1. The summed E-state index contributed by atoms with van der Waals surface area (Å²) in [6.07, 6.45) is 2.72. The lowest BCUT2D eigenvalue weighted by Crippen LogP contribution is -2.44. The summed E-state index contributed by atoms with van der Waals surface area (Å²) >= 11 is 0. The van der Waals surface area contributed by atoms with Crippen molar-refractivity contribution in [3.8, 4) is 11.5 Å². The Morgan fingerprint density at radius 1 is 1.39 bits per heavy atom. The maximum Gasteiger partial charge on any atom is 0.258 e. The van der Waals surface area contributed by atoms with Gasteiger partial charge in [-0.2, -0.15) is 4.98 Å². The van der Waals surface area contributed by atoms with Gasteiger partial charge in [-0.1, -0.05) is 18.1 Å². The summed E-state index contributed by atoms with van der Waals surface area (Å²) in [7, 11) is -3.52. The van der Waals surface area contributed by atoms with E-state index in [-0.39, 0.29) is 23.2 Å². The van der Waals surface area contributed by atoms with Crippen molar-refractivity contribution in [2.24, 2.45) is 5.73 Å². The van der Waals surface area contributed by atoms with Crippen LogP contribution in [0.2, 0.25) is 0 Å². The topological polar surface area (TPSA) is 111 Å². The molecule has 0 spiro atoms. The van der Waals surface area contributed by atoms with Gasteiger partial charge in [0.25, 0.3) is 5.89 Å². The largest absolute Gasteiger partial charge is 0.334 e. The summed E-state index contributed by atoms with van der Waals surface area (Å²) in [5.74, 6) is 0.758. The number of nitrogens with two attached hydrogens (primary N) is 1. The van der Waals surface area contributed by atoms with E-state index in [1.807, 2.05) is 0 Å². The average molecular weight is 359 g/mol. The van der Waals surface area contributed by atoms with Gasteiger partial charge in [-0.15, -0.1) is 12.4 Å². The fourth-order valence-electron chi connectivity index (χ4n) is 2.39. The van der Waals surface area contributed by atoms with Gasteiger partial charge in [0, 0.05) is 12.1 Å². The van der Waals surface area contributed by atoms with Crippen LogP contribution in [0, 0.1) is 0 Å². The minimum Gasteiger partial charge on any atom is -0.334 e. The molecule has 1 aromatic carbocycles. The molecule has 0 aliphatic heterocycles. The monoisotopic (exact) mass is 358 g/mol. The van der Waals surface area contributed by atoms with Crippen molar-refractivity contribution >= 4 is 22.4 Å². The fraction of sp³-hybridized carbons (Fsp3) is 0.429. The highest BCUT2D eigenvalue weighted by atomic mass is 35.5. The van der Waals surface area contributed by atoms with Crippen molar-refractivity contribution in [3.63, 3.8) is 0 Å². The lowest BCUT2D eigenvalue weighted by Gasteiger charge is -2.34. The lowest BCUT2D eigenvalue weighted by atomic mass is 9.77. The van der Waals surface area contributed by atoms with Crippen molar-refractivity contribution in [1.29, 1.82) is 0 Å². The molecule has 23 heavy (non-hydrogen) atoms. The highest BCUT2D eigenvalue weighted by Gasteiger charge is 2.39. The molecule has 1 aliphatic rings. The van der Waals surface area contributed by atoms with Gasteiger partial charge in [0.05, 0.1) is 10.4 Å². The van der Waals surface area contributed by atoms with Gasteiger partial charge in [-0.25, -0.2) is 13.1 Å². The van der Waals surface area contributed by atoms with Crippen LogP contribution in [0.1, 0.15) is 32.0 Å². The van der Waals surface area contributed by atoms with Gasteiger partial charge in [0.1, 0.15) is 0 Å². The van der Waals surface area contributed by atoms with Crippen LogP contribution in [0.15, 0.2) is 33.7 Å². The van der Waals surface area contributed by atoms with E-state index in [0.29, 0.717) is 17.9 Å². The minimum atomic E-state index is -3.52. The van der Waals surface area contributed by atoms with Gasteiger partial charge < -0.3 is 10.3 Å². The highest BCUT2D eigenvalue weighted by Crippen LogP contribution is 2.37. The van der Waals surface area contributed by atoms with Crippen molar-refractivity contribution in [2.75, 3.05) is 6.54 Å². The predicted molar refractivity (Wildman–Crippen MR) is 87.6 cm³/mol. The Bertz CT molecular complexity index is 787. The van der Waals surface area contributed by atoms with E-state index in [1.165, 1.54) is 12.1 Å². The zero-order valence-corrected chi connectivity index (χ0v) is 14.3. The molecule has 0 bridgehead atoms. The standard InChI is InChI=1S/C14H18N4O3S.ClH/c1-2-16-22(19,20)11-6-3-5-10(9-11)12-17-13(18-21-12)14(15)7-4-8-14;/h3,5-6,9,16H,2,4,7-8,15H2,1H3;1H. The van der Waals surface area contributed by atoms with Crippen LogP contribution in [0.5, 0.6) is 0 Å². The van der Waals surface area contributed by atoms with Crippen LogP contribution < -0.4 is 10.5 Å². The van der Waals surface area contributed by atoms with Gasteiger partial charge in [0.15, 0.2) is 5.82 Å².